The summed E-state index contributed by atoms with van der Waals surface area (Å²) in [6.45, 7) is 3.35. The number of carbonyl (C=O) groups is 2. The number of halogens is 1. The number of hydrogen-bond acceptors (Lipinski definition) is 3. The zero-order valence-electron chi connectivity index (χ0n) is 10.4. The molecule has 1 atom stereocenters. The number of anilines is 1. The first kappa shape index (κ1) is 13.1. The fraction of sp³-hybridized carbons (Fsp3) is 0.385. The van der Waals surface area contributed by atoms with E-state index in [4.69, 9.17) is 11.6 Å². The molecule has 0 saturated heterocycles. The van der Waals surface area contributed by atoms with Crippen molar-refractivity contribution >= 4 is 29.0 Å². The van der Waals surface area contributed by atoms with Gasteiger partial charge in [0, 0.05) is 11.6 Å². The Kier molecular flexibility index (Phi) is 3.68. The van der Waals surface area contributed by atoms with Gasteiger partial charge in [-0.25, -0.2) is 0 Å². The van der Waals surface area contributed by atoms with Gasteiger partial charge in [0.2, 0.25) is 0 Å². The Morgan fingerprint density at radius 3 is 2.78 bits per heavy atom. The van der Waals surface area contributed by atoms with Gasteiger partial charge in [-0.1, -0.05) is 18.5 Å². The lowest BCUT2D eigenvalue weighted by Gasteiger charge is -2.21. The molecule has 1 heterocycles. The normalized spacial score (nSPS) is 16.1. The van der Waals surface area contributed by atoms with E-state index in [0.29, 0.717) is 22.8 Å². The Hall–Kier alpha value is -1.39. The summed E-state index contributed by atoms with van der Waals surface area (Å²) in [6.07, 6.45) is 0. The van der Waals surface area contributed by atoms with Crippen LogP contribution in [0.3, 0.4) is 0 Å². The molecule has 0 aromatic heterocycles. The van der Waals surface area contributed by atoms with E-state index in [2.05, 4.69) is 5.32 Å². The van der Waals surface area contributed by atoms with Gasteiger partial charge >= 0.3 is 0 Å². The Morgan fingerprint density at radius 2 is 2.11 bits per heavy atom. The zero-order valence-corrected chi connectivity index (χ0v) is 11.1. The van der Waals surface area contributed by atoms with E-state index >= 15 is 0 Å². The first-order valence-electron chi connectivity index (χ1n) is 5.85. The quantitative estimate of drug-likeness (QED) is 0.845. The Bertz CT molecular complexity index is 502. The molecule has 1 aliphatic rings. The summed E-state index contributed by atoms with van der Waals surface area (Å²) in [7, 11) is 1.86. The molecule has 1 unspecified atom stereocenters. The van der Waals surface area contributed by atoms with Crippen LogP contribution in [0.25, 0.3) is 0 Å². The van der Waals surface area contributed by atoms with Crippen molar-refractivity contribution in [3.8, 4) is 0 Å². The highest BCUT2D eigenvalue weighted by Gasteiger charge is 2.36. The van der Waals surface area contributed by atoms with Gasteiger partial charge in [0.15, 0.2) is 0 Å². The molecular weight excluding hydrogens is 252 g/mol. The number of Topliss-reactive ketones (excluding diaryl/α,β-unsaturated/α-hetero) is 1. The molecule has 0 spiro atoms. The van der Waals surface area contributed by atoms with Crippen LogP contribution >= 0.6 is 11.6 Å². The van der Waals surface area contributed by atoms with Crippen LogP contribution in [0, 0.1) is 5.92 Å². The number of benzene rings is 1. The predicted octanol–water partition coefficient (Wildman–Crippen LogP) is 1.72. The van der Waals surface area contributed by atoms with Crippen LogP contribution < -0.4 is 10.2 Å². The van der Waals surface area contributed by atoms with E-state index < -0.39 is 11.7 Å². The molecule has 1 N–H and O–H groups in total. The third-order valence-corrected chi connectivity index (χ3v) is 3.22. The number of fused-ring (bicyclic) bond motifs is 1. The Morgan fingerprint density at radius 1 is 1.39 bits per heavy atom. The van der Waals surface area contributed by atoms with Crippen LogP contribution in [-0.2, 0) is 4.79 Å². The first-order chi connectivity index (χ1) is 8.54. The van der Waals surface area contributed by atoms with Gasteiger partial charge in [0.25, 0.3) is 11.7 Å². The second kappa shape index (κ2) is 5.08. The molecule has 1 amide bonds. The summed E-state index contributed by atoms with van der Waals surface area (Å²) < 4.78 is 0. The summed E-state index contributed by atoms with van der Waals surface area (Å²) >= 11 is 5.85. The maximum Gasteiger partial charge on any atom is 0.299 e. The van der Waals surface area contributed by atoms with E-state index in [9.17, 15) is 9.59 Å². The highest BCUT2D eigenvalue weighted by Crippen LogP contribution is 2.31. The number of amides is 1. The maximum atomic E-state index is 11.9. The van der Waals surface area contributed by atoms with Crippen molar-refractivity contribution in [1.29, 1.82) is 0 Å². The first-order valence-corrected chi connectivity index (χ1v) is 6.22. The van der Waals surface area contributed by atoms with E-state index in [1.807, 2.05) is 14.0 Å². The maximum absolute atomic E-state index is 11.9. The monoisotopic (exact) mass is 266 g/mol. The molecular formula is C13H15ClN2O2. The number of hydrogen-bond donors (Lipinski definition) is 1. The summed E-state index contributed by atoms with van der Waals surface area (Å²) in [5.41, 5.74) is 1.07. The molecule has 5 heteroatoms. The lowest BCUT2D eigenvalue weighted by molar-refractivity contribution is -0.114. The summed E-state index contributed by atoms with van der Waals surface area (Å²) in [6, 6.07) is 4.98. The number of nitrogens with one attached hydrogen (secondary N) is 1. The second-order valence-electron chi connectivity index (χ2n) is 4.57. The molecule has 18 heavy (non-hydrogen) atoms. The van der Waals surface area contributed by atoms with E-state index in [1.165, 1.54) is 4.90 Å². The number of nitrogens with zero attached hydrogens (tertiary/aromatic N) is 1. The third-order valence-electron chi connectivity index (χ3n) is 2.98. The van der Waals surface area contributed by atoms with Gasteiger partial charge in [0.05, 0.1) is 11.3 Å². The minimum atomic E-state index is -0.468. The molecule has 0 radical (unpaired) electrons. The molecule has 1 aromatic rings. The van der Waals surface area contributed by atoms with Crippen LogP contribution in [-0.4, -0.2) is 31.8 Å². The largest absolute Gasteiger partial charge is 0.319 e. The van der Waals surface area contributed by atoms with Crippen molar-refractivity contribution in [2.45, 2.75) is 6.92 Å². The van der Waals surface area contributed by atoms with Crippen LogP contribution in [0.15, 0.2) is 18.2 Å². The molecule has 1 aromatic carbocycles. The summed E-state index contributed by atoms with van der Waals surface area (Å²) in [4.78, 5) is 25.3. The van der Waals surface area contributed by atoms with E-state index in [1.54, 1.807) is 18.2 Å². The van der Waals surface area contributed by atoms with Crippen LogP contribution in [0.2, 0.25) is 5.02 Å². The molecule has 2 rings (SSSR count). The van der Waals surface area contributed by atoms with E-state index in [0.717, 1.165) is 6.54 Å². The number of carbonyl (C=O) groups excluding carboxylic acids is 2. The topological polar surface area (TPSA) is 49.4 Å². The lowest BCUT2D eigenvalue weighted by Crippen LogP contribution is -2.36. The van der Waals surface area contributed by atoms with E-state index in [-0.39, 0.29) is 5.92 Å². The SMILES string of the molecule is CNCC(C)CN1C(=O)C(=O)c2cc(Cl)ccc21. The molecule has 0 fully saturated rings. The molecule has 0 aliphatic carbocycles. The average molecular weight is 267 g/mol. The van der Waals surface area contributed by atoms with Gasteiger partial charge in [-0.15, -0.1) is 0 Å². The van der Waals surface area contributed by atoms with Crippen LogP contribution in [0.1, 0.15) is 17.3 Å². The smallest absolute Gasteiger partial charge is 0.299 e. The minimum Gasteiger partial charge on any atom is -0.319 e. The fourth-order valence-corrected chi connectivity index (χ4v) is 2.35. The minimum absolute atomic E-state index is 0.272. The van der Waals surface area contributed by atoms with Crippen molar-refractivity contribution in [3.63, 3.8) is 0 Å². The van der Waals surface area contributed by atoms with Crippen LogP contribution in [0.4, 0.5) is 5.69 Å². The van der Waals surface area contributed by atoms with Gasteiger partial charge < -0.3 is 10.2 Å². The summed E-state index contributed by atoms with van der Waals surface area (Å²) in [5, 5.41) is 3.53. The van der Waals surface area contributed by atoms with Crippen molar-refractivity contribution < 1.29 is 9.59 Å². The lowest BCUT2D eigenvalue weighted by atomic mass is 10.1. The van der Waals surface area contributed by atoms with Gasteiger partial charge in [-0.05, 0) is 37.7 Å². The number of rotatable bonds is 4. The second-order valence-corrected chi connectivity index (χ2v) is 5.01. The Balaban J connectivity index is 2.29. The Labute approximate surface area is 111 Å². The standard InChI is InChI=1S/C13H15ClN2O2/c1-8(6-15-2)7-16-11-4-3-9(14)5-10(11)12(17)13(16)18/h3-5,8,15H,6-7H2,1-2H3. The summed E-state index contributed by atoms with van der Waals surface area (Å²) in [5.74, 6) is -0.659. The van der Waals surface area contributed by atoms with Crippen molar-refractivity contribution in [2.24, 2.45) is 5.92 Å². The molecule has 4 nitrogen and oxygen atoms in total. The highest BCUT2D eigenvalue weighted by molar-refractivity contribution is 6.52. The van der Waals surface area contributed by atoms with Gasteiger partial charge in [0.1, 0.15) is 0 Å². The van der Waals surface area contributed by atoms with Crippen molar-refractivity contribution in [1.82, 2.24) is 5.32 Å². The molecule has 0 saturated carbocycles. The van der Waals surface area contributed by atoms with Crippen molar-refractivity contribution in [2.75, 3.05) is 25.0 Å². The molecule has 1 aliphatic heterocycles. The fourth-order valence-electron chi connectivity index (χ4n) is 2.18. The van der Waals surface area contributed by atoms with Gasteiger partial charge in [-0.2, -0.15) is 0 Å². The van der Waals surface area contributed by atoms with Crippen LogP contribution in [0.5, 0.6) is 0 Å². The van der Waals surface area contributed by atoms with Gasteiger partial charge in [-0.3, -0.25) is 9.59 Å². The predicted molar refractivity (Wildman–Crippen MR) is 71.2 cm³/mol. The van der Waals surface area contributed by atoms with Crippen molar-refractivity contribution in [3.05, 3.63) is 28.8 Å². The number of ketones is 1. The zero-order chi connectivity index (χ0) is 13.3. The molecule has 0 bridgehead atoms. The third kappa shape index (κ3) is 2.26. The highest BCUT2D eigenvalue weighted by atomic mass is 35.5. The average Bonchev–Trinajstić information content (AvgIpc) is 2.55. The molecule has 96 valence electrons.